The second kappa shape index (κ2) is 6.83. The zero-order chi connectivity index (χ0) is 15.4. The number of halogens is 2. The molecular weight excluding hydrogens is 309 g/mol. The highest BCUT2D eigenvalue weighted by Gasteiger charge is 2.17. The average molecular weight is 324 g/mol. The van der Waals surface area contributed by atoms with Crippen molar-refractivity contribution in [3.05, 3.63) is 58.1 Å². The molecule has 1 N–H and O–H groups in total. The Morgan fingerprint density at radius 3 is 2.62 bits per heavy atom. The van der Waals surface area contributed by atoms with Gasteiger partial charge in [-0.05, 0) is 43.7 Å². The maximum absolute atomic E-state index is 12.1. The Bertz CT molecular complexity index is 658. The van der Waals surface area contributed by atoms with Gasteiger partial charge in [-0.2, -0.15) is 0 Å². The molecule has 0 aliphatic carbocycles. The van der Waals surface area contributed by atoms with E-state index in [2.05, 4.69) is 5.32 Å². The Morgan fingerprint density at radius 1 is 1.19 bits per heavy atom. The van der Waals surface area contributed by atoms with E-state index in [0.29, 0.717) is 15.8 Å². The minimum Gasteiger partial charge on any atom is -0.479 e. The maximum Gasteiger partial charge on any atom is 0.265 e. The molecule has 0 radical (unpaired) electrons. The van der Waals surface area contributed by atoms with E-state index >= 15 is 0 Å². The largest absolute Gasteiger partial charge is 0.479 e. The fraction of sp³-hybridized carbons (Fsp3) is 0.188. The van der Waals surface area contributed by atoms with Gasteiger partial charge in [0.25, 0.3) is 5.91 Å². The number of hydrogen-bond donors (Lipinski definition) is 1. The first-order valence-corrected chi connectivity index (χ1v) is 7.21. The molecule has 2 aromatic carbocycles. The molecule has 1 atom stereocenters. The summed E-state index contributed by atoms with van der Waals surface area (Å²) >= 11 is 11.9. The number of carbonyl (C=O) groups is 1. The minimum atomic E-state index is -0.693. The third kappa shape index (κ3) is 4.13. The minimum absolute atomic E-state index is 0.253. The molecule has 0 aromatic heterocycles. The number of nitrogens with one attached hydrogen (secondary N) is 1. The fourth-order valence-electron chi connectivity index (χ4n) is 1.79. The van der Waals surface area contributed by atoms with Gasteiger partial charge in [-0.25, -0.2) is 0 Å². The highest BCUT2D eigenvalue weighted by atomic mass is 35.5. The summed E-state index contributed by atoms with van der Waals surface area (Å²) in [6.45, 7) is 3.61. The van der Waals surface area contributed by atoms with Gasteiger partial charge in [0.1, 0.15) is 10.8 Å². The molecule has 3 nitrogen and oxygen atoms in total. The van der Waals surface area contributed by atoms with Crippen molar-refractivity contribution < 1.29 is 9.53 Å². The van der Waals surface area contributed by atoms with Gasteiger partial charge in [-0.15, -0.1) is 0 Å². The number of ether oxygens (including phenoxy) is 1. The van der Waals surface area contributed by atoms with Crippen LogP contribution in [0.5, 0.6) is 5.75 Å². The van der Waals surface area contributed by atoms with E-state index < -0.39 is 6.10 Å². The second-order valence-corrected chi connectivity index (χ2v) is 5.46. The van der Waals surface area contributed by atoms with Crippen LogP contribution in [-0.2, 0) is 4.79 Å². The van der Waals surface area contributed by atoms with E-state index in [4.69, 9.17) is 27.9 Å². The van der Waals surface area contributed by atoms with Crippen molar-refractivity contribution in [2.24, 2.45) is 0 Å². The molecule has 0 saturated carbocycles. The monoisotopic (exact) mass is 323 g/mol. The van der Waals surface area contributed by atoms with Crippen LogP contribution in [0.25, 0.3) is 0 Å². The zero-order valence-corrected chi connectivity index (χ0v) is 13.2. The SMILES string of the molecule is Cc1cccc(NC(=O)[C@H](C)Oc2cccc(Cl)c2Cl)c1. The molecule has 0 aliphatic heterocycles. The van der Waals surface area contributed by atoms with Crippen LogP contribution < -0.4 is 10.1 Å². The number of amides is 1. The van der Waals surface area contributed by atoms with Gasteiger partial charge < -0.3 is 10.1 Å². The molecule has 0 unspecified atom stereocenters. The van der Waals surface area contributed by atoms with Crippen LogP contribution in [0.4, 0.5) is 5.69 Å². The van der Waals surface area contributed by atoms with Gasteiger partial charge in [-0.3, -0.25) is 4.79 Å². The van der Waals surface area contributed by atoms with Gasteiger partial charge in [-0.1, -0.05) is 41.4 Å². The number of carbonyl (C=O) groups excluding carboxylic acids is 1. The predicted octanol–water partition coefficient (Wildman–Crippen LogP) is 4.71. The van der Waals surface area contributed by atoms with Crippen LogP contribution >= 0.6 is 23.2 Å². The molecule has 0 fully saturated rings. The highest BCUT2D eigenvalue weighted by molar-refractivity contribution is 6.42. The second-order valence-electron chi connectivity index (χ2n) is 4.67. The van der Waals surface area contributed by atoms with E-state index in [1.807, 2.05) is 31.2 Å². The third-order valence-electron chi connectivity index (χ3n) is 2.87. The van der Waals surface area contributed by atoms with Gasteiger partial charge in [0.15, 0.2) is 6.10 Å². The maximum atomic E-state index is 12.1. The lowest BCUT2D eigenvalue weighted by atomic mass is 10.2. The van der Waals surface area contributed by atoms with Crippen molar-refractivity contribution in [2.45, 2.75) is 20.0 Å². The Balaban J connectivity index is 2.04. The molecule has 0 spiro atoms. The molecule has 0 bridgehead atoms. The Kier molecular flexibility index (Phi) is 5.10. The summed E-state index contributed by atoms with van der Waals surface area (Å²) in [5, 5.41) is 3.49. The van der Waals surface area contributed by atoms with Crippen molar-refractivity contribution >= 4 is 34.8 Å². The Labute approximate surface area is 133 Å². The third-order valence-corrected chi connectivity index (χ3v) is 3.68. The van der Waals surface area contributed by atoms with Crippen LogP contribution in [0.2, 0.25) is 10.0 Å². The van der Waals surface area contributed by atoms with Gasteiger partial charge in [0.05, 0.1) is 5.02 Å². The Hall–Kier alpha value is -1.71. The van der Waals surface area contributed by atoms with Crippen LogP contribution in [0.3, 0.4) is 0 Å². The van der Waals surface area contributed by atoms with Crippen LogP contribution in [0.15, 0.2) is 42.5 Å². The van der Waals surface area contributed by atoms with E-state index in [1.54, 1.807) is 25.1 Å². The summed E-state index contributed by atoms with van der Waals surface area (Å²) in [5.74, 6) is 0.132. The van der Waals surface area contributed by atoms with E-state index in [0.717, 1.165) is 11.3 Å². The summed E-state index contributed by atoms with van der Waals surface area (Å²) in [7, 11) is 0. The number of benzene rings is 2. The lowest BCUT2D eigenvalue weighted by Crippen LogP contribution is -2.30. The zero-order valence-electron chi connectivity index (χ0n) is 11.7. The fourth-order valence-corrected chi connectivity index (χ4v) is 2.12. The first kappa shape index (κ1) is 15.7. The van der Waals surface area contributed by atoms with Crippen molar-refractivity contribution in [1.29, 1.82) is 0 Å². The molecule has 21 heavy (non-hydrogen) atoms. The highest BCUT2D eigenvalue weighted by Crippen LogP contribution is 2.32. The summed E-state index contributed by atoms with van der Waals surface area (Å²) < 4.78 is 5.56. The van der Waals surface area contributed by atoms with Crippen LogP contribution in [-0.4, -0.2) is 12.0 Å². The lowest BCUT2D eigenvalue weighted by Gasteiger charge is -2.16. The summed E-state index contributed by atoms with van der Waals surface area (Å²) in [6, 6.07) is 12.6. The van der Waals surface area contributed by atoms with Crippen molar-refractivity contribution in [2.75, 3.05) is 5.32 Å². The van der Waals surface area contributed by atoms with Gasteiger partial charge in [0, 0.05) is 5.69 Å². The number of hydrogen-bond acceptors (Lipinski definition) is 2. The number of rotatable bonds is 4. The van der Waals surface area contributed by atoms with Crippen molar-refractivity contribution in [3.63, 3.8) is 0 Å². The normalized spacial score (nSPS) is 11.8. The van der Waals surface area contributed by atoms with Crippen LogP contribution in [0.1, 0.15) is 12.5 Å². The average Bonchev–Trinajstić information content (AvgIpc) is 2.44. The summed E-state index contributed by atoms with van der Waals surface area (Å²) in [4.78, 5) is 12.1. The molecule has 110 valence electrons. The lowest BCUT2D eigenvalue weighted by molar-refractivity contribution is -0.122. The molecule has 0 saturated heterocycles. The van der Waals surface area contributed by atoms with Crippen molar-refractivity contribution in [1.82, 2.24) is 0 Å². The summed E-state index contributed by atoms with van der Waals surface area (Å²) in [5.41, 5.74) is 1.80. The number of aryl methyl sites for hydroxylation is 1. The first-order chi connectivity index (χ1) is 9.97. The van der Waals surface area contributed by atoms with E-state index in [-0.39, 0.29) is 5.91 Å². The quantitative estimate of drug-likeness (QED) is 0.885. The smallest absolute Gasteiger partial charge is 0.265 e. The molecule has 0 aliphatic rings. The van der Waals surface area contributed by atoms with Crippen molar-refractivity contribution in [3.8, 4) is 5.75 Å². The topological polar surface area (TPSA) is 38.3 Å². The number of anilines is 1. The van der Waals surface area contributed by atoms with E-state index in [9.17, 15) is 4.79 Å². The standard InChI is InChI=1S/C16H15Cl2NO2/c1-10-5-3-6-12(9-10)19-16(20)11(2)21-14-8-4-7-13(17)15(14)18/h3-9,11H,1-2H3,(H,19,20)/t11-/m0/s1. The van der Waals surface area contributed by atoms with Crippen LogP contribution in [0, 0.1) is 6.92 Å². The Morgan fingerprint density at radius 2 is 1.90 bits per heavy atom. The van der Waals surface area contributed by atoms with Gasteiger partial charge in [0.2, 0.25) is 0 Å². The molecule has 2 rings (SSSR count). The summed E-state index contributed by atoms with van der Waals surface area (Å²) in [6.07, 6.45) is -0.693. The molecule has 0 heterocycles. The molecule has 1 amide bonds. The van der Waals surface area contributed by atoms with E-state index in [1.165, 1.54) is 0 Å². The molecule has 2 aromatic rings. The van der Waals surface area contributed by atoms with Gasteiger partial charge >= 0.3 is 0 Å². The predicted molar refractivity (Wildman–Crippen MR) is 86.4 cm³/mol. The molecular formula is C16H15Cl2NO2. The molecule has 5 heteroatoms. The first-order valence-electron chi connectivity index (χ1n) is 6.45.